The van der Waals surface area contributed by atoms with Crippen molar-refractivity contribution in [2.45, 2.75) is 13.0 Å². The van der Waals surface area contributed by atoms with Crippen LogP contribution in [0.1, 0.15) is 17.8 Å². The fourth-order valence-electron chi connectivity index (χ4n) is 1.97. The van der Waals surface area contributed by atoms with E-state index in [1.807, 2.05) is 18.0 Å². The quantitative estimate of drug-likeness (QED) is 0.867. The van der Waals surface area contributed by atoms with Gasteiger partial charge in [-0.15, -0.1) is 11.3 Å². The molecule has 0 amide bonds. The number of thiophene rings is 1. The average Bonchev–Trinajstić information content (AvgIpc) is 2.93. The number of benzene rings is 1. The minimum atomic E-state index is -0.170. The van der Waals surface area contributed by atoms with E-state index in [1.54, 1.807) is 23.5 Å². The van der Waals surface area contributed by atoms with E-state index in [9.17, 15) is 4.39 Å². The van der Waals surface area contributed by atoms with E-state index in [1.165, 1.54) is 10.9 Å². The van der Waals surface area contributed by atoms with Crippen LogP contribution in [0.25, 0.3) is 0 Å². The molecule has 2 aromatic rings. The van der Waals surface area contributed by atoms with Crippen molar-refractivity contribution < 1.29 is 4.39 Å². The minimum Gasteiger partial charge on any atom is -0.371 e. The zero-order valence-corrected chi connectivity index (χ0v) is 12.1. The molecule has 0 aliphatic rings. The fraction of sp³-hybridized carbons (Fsp3) is 0.333. The molecule has 2 nitrogen and oxygen atoms in total. The van der Waals surface area contributed by atoms with Gasteiger partial charge in [0.05, 0.1) is 5.69 Å². The van der Waals surface area contributed by atoms with Crippen LogP contribution in [0.5, 0.6) is 0 Å². The number of likely N-dealkylation sites (N-methyl/N-ethyl adjacent to an activating group) is 1. The van der Waals surface area contributed by atoms with Crippen molar-refractivity contribution in [1.29, 1.82) is 0 Å². The van der Waals surface area contributed by atoms with Crippen LogP contribution in [0.2, 0.25) is 0 Å². The van der Waals surface area contributed by atoms with Crippen LogP contribution in [0, 0.1) is 5.82 Å². The molecule has 0 radical (unpaired) electrons. The monoisotopic (exact) mass is 278 g/mol. The Morgan fingerprint density at radius 3 is 2.74 bits per heavy atom. The predicted molar refractivity (Wildman–Crippen MR) is 80.4 cm³/mol. The van der Waals surface area contributed by atoms with E-state index in [4.69, 9.17) is 0 Å². The van der Waals surface area contributed by atoms with Gasteiger partial charge >= 0.3 is 0 Å². The molecule has 0 aliphatic carbocycles. The third-order valence-electron chi connectivity index (χ3n) is 3.13. The van der Waals surface area contributed by atoms with Gasteiger partial charge in [-0.2, -0.15) is 0 Å². The first-order valence-electron chi connectivity index (χ1n) is 6.41. The Balaban J connectivity index is 1.81. The van der Waals surface area contributed by atoms with Gasteiger partial charge in [-0.05, 0) is 30.5 Å². The van der Waals surface area contributed by atoms with E-state index in [0.717, 1.165) is 13.1 Å². The van der Waals surface area contributed by atoms with E-state index in [-0.39, 0.29) is 5.82 Å². The van der Waals surface area contributed by atoms with Crippen molar-refractivity contribution in [2.24, 2.45) is 0 Å². The Labute approximate surface area is 117 Å². The molecule has 1 unspecified atom stereocenters. The Kier molecular flexibility index (Phi) is 4.93. The lowest BCUT2D eigenvalue weighted by Gasteiger charge is -2.21. The molecular formula is C15H19FN2S. The molecule has 102 valence electrons. The number of nitrogens with zero attached hydrogens (tertiary/aromatic N) is 1. The van der Waals surface area contributed by atoms with Gasteiger partial charge in [-0.3, -0.25) is 0 Å². The smallest absolute Gasteiger partial charge is 0.146 e. The molecule has 2 rings (SSSR count). The lowest BCUT2D eigenvalue weighted by Crippen LogP contribution is -2.30. The highest BCUT2D eigenvalue weighted by atomic mass is 32.1. The molecule has 4 heteroatoms. The van der Waals surface area contributed by atoms with Crippen molar-refractivity contribution in [3.8, 4) is 0 Å². The number of hydrogen-bond acceptors (Lipinski definition) is 3. The Bertz CT molecular complexity index is 499. The highest BCUT2D eigenvalue weighted by molar-refractivity contribution is 7.10. The molecule has 1 atom stereocenters. The van der Waals surface area contributed by atoms with Crippen LogP contribution >= 0.6 is 11.3 Å². The molecule has 0 aliphatic heterocycles. The predicted octanol–water partition coefficient (Wildman–Crippen LogP) is 3.67. The Morgan fingerprint density at radius 1 is 1.26 bits per heavy atom. The second kappa shape index (κ2) is 6.68. The molecule has 0 spiro atoms. The summed E-state index contributed by atoms with van der Waals surface area (Å²) in [6.45, 7) is 3.75. The molecule has 19 heavy (non-hydrogen) atoms. The summed E-state index contributed by atoms with van der Waals surface area (Å²) < 4.78 is 13.6. The summed E-state index contributed by atoms with van der Waals surface area (Å²) in [5, 5.41) is 5.53. The maximum Gasteiger partial charge on any atom is 0.146 e. The van der Waals surface area contributed by atoms with Gasteiger partial charge in [0.25, 0.3) is 0 Å². The third-order valence-corrected chi connectivity index (χ3v) is 4.19. The van der Waals surface area contributed by atoms with Crippen molar-refractivity contribution in [3.05, 3.63) is 52.5 Å². The van der Waals surface area contributed by atoms with Crippen molar-refractivity contribution in [1.82, 2.24) is 5.32 Å². The maximum atomic E-state index is 13.6. The highest BCUT2D eigenvalue weighted by Gasteiger charge is 2.08. The second-order valence-corrected chi connectivity index (χ2v) is 5.54. The summed E-state index contributed by atoms with van der Waals surface area (Å²) in [6.07, 6.45) is 0. The first kappa shape index (κ1) is 14.0. The highest BCUT2D eigenvalue weighted by Crippen LogP contribution is 2.18. The molecule has 0 fully saturated rings. The first-order valence-corrected chi connectivity index (χ1v) is 7.29. The van der Waals surface area contributed by atoms with Crippen molar-refractivity contribution in [3.63, 3.8) is 0 Å². The number of para-hydroxylation sites is 1. The van der Waals surface area contributed by atoms with E-state index in [2.05, 4.69) is 29.8 Å². The fourth-order valence-corrected chi connectivity index (χ4v) is 2.73. The summed E-state index contributed by atoms with van der Waals surface area (Å²) in [6, 6.07) is 11.4. The second-order valence-electron chi connectivity index (χ2n) is 4.56. The largest absolute Gasteiger partial charge is 0.371 e. The van der Waals surface area contributed by atoms with E-state index in [0.29, 0.717) is 11.7 Å². The summed E-state index contributed by atoms with van der Waals surface area (Å²) in [7, 11) is 1.91. The van der Waals surface area contributed by atoms with E-state index >= 15 is 0 Å². The zero-order valence-electron chi connectivity index (χ0n) is 11.3. The molecule has 1 aromatic heterocycles. The number of rotatable bonds is 6. The molecule has 1 N–H and O–H groups in total. The summed E-state index contributed by atoms with van der Waals surface area (Å²) >= 11 is 1.75. The van der Waals surface area contributed by atoms with Crippen molar-refractivity contribution >= 4 is 17.0 Å². The average molecular weight is 278 g/mol. The number of hydrogen-bond donors (Lipinski definition) is 1. The van der Waals surface area contributed by atoms with Crippen LogP contribution in [-0.2, 0) is 0 Å². The standard InChI is InChI=1S/C15H19FN2S/c1-12(15-8-5-11-19-15)17-9-10-18(2)14-7-4-3-6-13(14)16/h3-8,11-12,17H,9-10H2,1-2H3. The Hall–Kier alpha value is -1.39. The topological polar surface area (TPSA) is 15.3 Å². The SMILES string of the molecule is CC(NCCN(C)c1ccccc1F)c1cccs1. The van der Waals surface area contributed by atoms with Gasteiger partial charge in [0.15, 0.2) is 0 Å². The van der Waals surface area contributed by atoms with E-state index < -0.39 is 0 Å². The lowest BCUT2D eigenvalue weighted by atomic mass is 10.2. The van der Waals surface area contributed by atoms with Crippen molar-refractivity contribution in [2.75, 3.05) is 25.0 Å². The number of nitrogens with one attached hydrogen (secondary N) is 1. The summed E-state index contributed by atoms with van der Waals surface area (Å²) in [5.41, 5.74) is 0.646. The molecule has 0 saturated carbocycles. The van der Waals surface area contributed by atoms with Gasteiger partial charge in [-0.1, -0.05) is 18.2 Å². The van der Waals surface area contributed by atoms with Crippen LogP contribution in [0.15, 0.2) is 41.8 Å². The van der Waals surface area contributed by atoms with Crippen LogP contribution in [0.4, 0.5) is 10.1 Å². The summed E-state index contributed by atoms with van der Waals surface area (Å²) in [4.78, 5) is 3.26. The maximum absolute atomic E-state index is 13.6. The van der Waals surface area contributed by atoms with Crippen LogP contribution in [-0.4, -0.2) is 20.1 Å². The Morgan fingerprint density at radius 2 is 2.05 bits per heavy atom. The molecule has 0 saturated heterocycles. The van der Waals surface area contributed by atoms with Crippen LogP contribution < -0.4 is 10.2 Å². The zero-order chi connectivity index (χ0) is 13.7. The minimum absolute atomic E-state index is 0.170. The molecule has 1 heterocycles. The normalized spacial score (nSPS) is 12.4. The molecular weight excluding hydrogens is 259 g/mol. The van der Waals surface area contributed by atoms with Gasteiger partial charge in [-0.25, -0.2) is 4.39 Å². The van der Waals surface area contributed by atoms with Crippen LogP contribution in [0.3, 0.4) is 0 Å². The number of halogens is 1. The van der Waals surface area contributed by atoms with Gasteiger partial charge in [0.2, 0.25) is 0 Å². The number of anilines is 1. The summed E-state index contributed by atoms with van der Waals surface area (Å²) in [5.74, 6) is -0.170. The lowest BCUT2D eigenvalue weighted by molar-refractivity contribution is 0.577. The molecule has 0 bridgehead atoms. The molecule has 1 aromatic carbocycles. The first-order chi connectivity index (χ1) is 9.18. The third kappa shape index (κ3) is 3.78. The van der Waals surface area contributed by atoms with Gasteiger partial charge < -0.3 is 10.2 Å². The van der Waals surface area contributed by atoms with Gasteiger partial charge in [0, 0.05) is 31.1 Å². The van der Waals surface area contributed by atoms with Gasteiger partial charge in [0.1, 0.15) is 5.82 Å².